The molecule has 2 fully saturated rings. The predicted octanol–water partition coefficient (Wildman–Crippen LogP) is 4.82. The molecule has 10 nitrogen and oxygen atoms in total. The Labute approximate surface area is 177 Å². The van der Waals surface area contributed by atoms with Crippen molar-refractivity contribution < 1.29 is 29.8 Å². The van der Waals surface area contributed by atoms with Crippen molar-refractivity contribution in [3.8, 4) is 0 Å². The summed E-state index contributed by atoms with van der Waals surface area (Å²) in [6, 6.07) is -1.82. The minimum atomic E-state index is -0.961. The van der Waals surface area contributed by atoms with Gasteiger partial charge in [-0.3, -0.25) is 10.1 Å². The number of nitro groups is 1. The van der Waals surface area contributed by atoms with Crippen LogP contribution in [0.4, 0.5) is 0 Å². The van der Waals surface area contributed by atoms with Gasteiger partial charge in [0.15, 0.2) is 0 Å². The van der Waals surface area contributed by atoms with Crippen molar-refractivity contribution in [2.24, 2.45) is 0 Å². The summed E-state index contributed by atoms with van der Waals surface area (Å²) in [5, 5.41) is 21.1. The van der Waals surface area contributed by atoms with Crippen LogP contribution < -0.4 is 0 Å². The molecule has 1 N–H and O–H groups in total. The second-order valence-electron chi connectivity index (χ2n) is 8.63. The summed E-state index contributed by atoms with van der Waals surface area (Å²) >= 11 is 0. The summed E-state index contributed by atoms with van der Waals surface area (Å²) in [4.78, 5) is 46.0. The van der Waals surface area contributed by atoms with E-state index in [2.05, 4.69) is 0 Å². The van der Waals surface area contributed by atoms with Crippen molar-refractivity contribution in [2.75, 3.05) is 0 Å². The average Bonchev–Trinajstić information content (AvgIpc) is 2.70. The van der Waals surface area contributed by atoms with Gasteiger partial charge in [-0.05, 0) is 38.5 Å². The van der Waals surface area contributed by atoms with E-state index in [4.69, 9.17) is 9.68 Å². The van der Waals surface area contributed by atoms with Crippen molar-refractivity contribution in [3.05, 3.63) is 19.9 Å². The molecule has 0 saturated heterocycles. The van der Waals surface area contributed by atoms with Gasteiger partial charge in [-0.15, -0.1) is 0 Å². The molecule has 30 heavy (non-hydrogen) atoms. The third kappa shape index (κ3) is 8.39. The van der Waals surface area contributed by atoms with Crippen LogP contribution in [0.5, 0.6) is 0 Å². The van der Waals surface area contributed by atoms with Crippen LogP contribution in [-0.2, 0) is 9.68 Å². The van der Waals surface area contributed by atoms with Crippen LogP contribution >= 0.6 is 0 Å². The van der Waals surface area contributed by atoms with Gasteiger partial charge < -0.3 is 0 Å². The Morgan fingerprint density at radius 2 is 0.967 bits per heavy atom. The zero-order valence-corrected chi connectivity index (χ0v) is 17.9. The first-order valence-corrected chi connectivity index (χ1v) is 11.6. The Bertz CT molecular complexity index is 515. The molecule has 0 amide bonds. The van der Waals surface area contributed by atoms with E-state index < -0.39 is 24.3 Å². The van der Waals surface area contributed by atoms with Crippen LogP contribution in [0.15, 0.2) is 0 Å². The van der Waals surface area contributed by atoms with Gasteiger partial charge in [-0.1, -0.05) is 51.4 Å². The minimum absolute atomic E-state index is 0.0418. The van der Waals surface area contributed by atoms with Gasteiger partial charge >= 0.3 is 11.1 Å². The maximum Gasteiger partial charge on any atom is 0.478 e. The van der Waals surface area contributed by atoms with E-state index in [0.717, 1.165) is 77.0 Å². The molecule has 0 spiro atoms. The topological polar surface area (TPSA) is 122 Å². The Morgan fingerprint density at radius 3 is 1.40 bits per heavy atom. The first kappa shape index (κ1) is 24.3. The average molecular weight is 432 g/mol. The molecule has 172 valence electrons. The first-order valence-electron chi connectivity index (χ1n) is 11.6. The minimum Gasteiger partial charge on any atom is -0.264 e. The molecule has 0 aromatic rings. The normalized spacial score (nSPS) is 29.9. The molecule has 2 saturated carbocycles. The molecule has 0 bridgehead atoms. The monoisotopic (exact) mass is 431 g/mol. The van der Waals surface area contributed by atoms with Crippen LogP contribution in [0.1, 0.15) is 103 Å². The highest BCUT2D eigenvalue weighted by atomic mass is 17.0. The van der Waals surface area contributed by atoms with Crippen molar-refractivity contribution in [1.82, 2.24) is 0 Å². The molecular formula is C20H37N3O7+2. The maximum absolute atomic E-state index is 12.5. The number of hydrogen-bond acceptors (Lipinski definition) is 6. The van der Waals surface area contributed by atoms with Gasteiger partial charge in [0, 0.05) is 17.8 Å². The molecule has 0 aromatic heterocycles. The van der Waals surface area contributed by atoms with Gasteiger partial charge in [0.1, 0.15) is 4.91 Å². The Hall–Kier alpha value is -2.00. The van der Waals surface area contributed by atoms with E-state index >= 15 is 0 Å². The van der Waals surface area contributed by atoms with E-state index in [1.54, 1.807) is 0 Å². The van der Waals surface area contributed by atoms with E-state index in [-0.39, 0.29) is 14.9 Å². The van der Waals surface area contributed by atoms with Crippen LogP contribution in [0.25, 0.3) is 0 Å². The van der Waals surface area contributed by atoms with Crippen molar-refractivity contribution in [1.29, 1.82) is 0 Å². The summed E-state index contributed by atoms with van der Waals surface area (Å²) in [6.45, 7) is 0. The van der Waals surface area contributed by atoms with Gasteiger partial charge in [0.25, 0.3) is 12.1 Å². The Balaban J connectivity index is 2.03. The predicted molar refractivity (Wildman–Crippen MR) is 107 cm³/mol. The fourth-order valence-electron chi connectivity index (χ4n) is 4.55. The highest BCUT2D eigenvalue weighted by Gasteiger charge is 2.45. The molecule has 4 unspecified atom stereocenters. The summed E-state index contributed by atoms with van der Waals surface area (Å²) in [7, 11) is 0. The van der Waals surface area contributed by atoms with Gasteiger partial charge in [-0.25, -0.2) is 5.21 Å². The fraction of sp³-hybridized carbons (Fsp3) is 1.00. The fourth-order valence-corrected chi connectivity index (χ4v) is 4.55. The lowest BCUT2D eigenvalue weighted by Crippen LogP contribution is -2.42. The molecule has 2 aliphatic carbocycles. The van der Waals surface area contributed by atoms with Crippen molar-refractivity contribution in [2.45, 2.75) is 127 Å². The molecule has 2 aliphatic rings. The van der Waals surface area contributed by atoms with E-state index in [1.807, 2.05) is 0 Å². The molecule has 0 heterocycles. The van der Waals surface area contributed by atoms with E-state index in [0.29, 0.717) is 25.7 Å². The lowest BCUT2D eigenvalue weighted by molar-refractivity contribution is -1.00. The quantitative estimate of drug-likeness (QED) is 0.472. The Kier molecular flexibility index (Phi) is 10.8. The summed E-state index contributed by atoms with van der Waals surface area (Å²) in [5.41, 5.74) is 0. The van der Waals surface area contributed by atoms with Gasteiger partial charge in [0.2, 0.25) is 11.0 Å². The van der Waals surface area contributed by atoms with Crippen molar-refractivity contribution >= 4 is 0 Å². The summed E-state index contributed by atoms with van der Waals surface area (Å²) < 4.78 is 0. The molecule has 4 atom stereocenters. The second-order valence-corrected chi connectivity index (χ2v) is 8.63. The highest BCUT2D eigenvalue weighted by molar-refractivity contribution is 4.72. The van der Waals surface area contributed by atoms with Crippen molar-refractivity contribution in [3.63, 3.8) is 0 Å². The Morgan fingerprint density at radius 1 is 0.600 bits per heavy atom. The summed E-state index contributed by atoms with van der Waals surface area (Å²) in [5.74, 6) is 0. The van der Waals surface area contributed by atoms with Gasteiger partial charge in [-0.2, -0.15) is 9.68 Å². The van der Waals surface area contributed by atoms with E-state index in [1.165, 1.54) is 0 Å². The third-order valence-corrected chi connectivity index (χ3v) is 6.33. The van der Waals surface area contributed by atoms with E-state index in [9.17, 15) is 25.1 Å². The maximum atomic E-state index is 12.5. The second kappa shape index (κ2) is 13.3. The number of hydrogen-bond donors (Lipinski definition) is 1. The highest BCUT2D eigenvalue weighted by Crippen LogP contribution is 2.24. The first-order chi connectivity index (χ1) is 14.5. The SMILES string of the molecule is O=[N+](OC1CCCCCCCCC1[N+](=O)[O-])OC1CCCCCCCCC1[N+](=O)O. The number of rotatable bonds is 6. The molecule has 0 radical (unpaired) electrons. The molecule has 0 aliphatic heterocycles. The third-order valence-electron chi connectivity index (χ3n) is 6.33. The zero-order chi connectivity index (χ0) is 21.8. The lowest BCUT2D eigenvalue weighted by Gasteiger charge is -2.18. The molecule has 0 aromatic carbocycles. The lowest BCUT2D eigenvalue weighted by atomic mass is 9.95. The molecule has 2 rings (SSSR count). The molecular weight excluding hydrogens is 394 g/mol. The smallest absolute Gasteiger partial charge is 0.264 e. The van der Waals surface area contributed by atoms with Crippen LogP contribution in [-0.4, -0.2) is 44.4 Å². The standard InChI is InChI=1S/C20H37N3O7/c24-21(25)17-13-9-5-1-3-7-11-15-19(17)29-23(28)30-20-16-12-8-4-2-6-10-14-18(20)22(26)27/h17-20H,1-16H2,(H,24,25)/q+2. The zero-order valence-electron chi connectivity index (χ0n) is 17.9. The van der Waals surface area contributed by atoms with Gasteiger partial charge in [0.05, 0.1) is 4.91 Å². The molecule has 10 heteroatoms. The van der Waals surface area contributed by atoms with Crippen LogP contribution in [0.2, 0.25) is 0 Å². The summed E-state index contributed by atoms with van der Waals surface area (Å²) in [6.07, 6.45) is 11.1. The number of nitrogens with zero attached hydrogens (tertiary/aromatic N) is 3. The van der Waals surface area contributed by atoms with Crippen LogP contribution in [0.3, 0.4) is 0 Å². The largest absolute Gasteiger partial charge is 0.478 e. The van der Waals surface area contributed by atoms with Crippen LogP contribution in [0, 0.1) is 19.9 Å².